The van der Waals surface area contributed by atoms with Gasteiger partial charge in [-0.2, -0.15) is 5.10 Å². The molecule has 1 unspecified atom stereocenters. The molecule has 0 saturated carbocycles. The van der Waals surface area contributed by atoms with Gasteiger partial charge < -0.3 is 15.1 Å². The smallest absolute Gasteiger partial charge is 0.272 e. The van der Waals surface area contributed by atoms with Crippen LogP contribution in [-0.4, -0.2) is 59.8 Å². The molecule has 0 spiro atoms. The van der Waals surface area contributed by atoms with Crippen molar-refractivity contribution in [2.75, 3.05) is 37.6 Å². The fourth-order valence-corrected chi connectivity index (χ4v) is 4.71. The summed E-state index contributed by atoms with van der Waals surface area (Å²) in [6, 6.07) is 6.56. The fraction of sp³-hybridized carbons (Fsp3) is 0.579. The molecular formula is C19H25N5O. The molecule has 1 atom stereocenters. The van der Waals surface area contributed by atoms with Gasteiger partial charge in [0.2, 0.25) is 0 Å². The van der Waals surface area contributed by atoms with Gasteiger partial charge in [0.1, 0.15) is 0 Å². The zero-order chi connectivity index (χ0) is 16.8. The second-order valence-electron chi connectivity index (χ2n) is 7.71. The maximum atomic E-state index is 12.9. The molecule has 5 heterocycles. The number of carbonyl (C=O) groups excluding carboxylic acids is 1. The van der Waals surface area contributed by atoms with E-state index in [1.54, 1.807) is 0 Å². The van der Waals surface area contributed by atoms with E-state index in [-0.39, 0.29) is 11.9 Å². The Balaban J connectivity index is 1.39. The summed E-state index contributed by atoms with van der Waals surface area (Å²) in [5.41, 5.74) is 2.66. The van der Waals surface area contributed by atoms with Gasteiger partial charge in [-0.3, -0.25) is 9.89 Å². The van der Waals surface area contributed by atoms with E-state index in [0.29, 0.717) is 11.6 Å². The van der Waals surface area contributed by atoms with Crippen LogP contribution in [0.15, 0.2) is 18.2 Å². The van der Waals surface area contributed by atoms with Crippen molar-refractivity contribution in [3.05, 3.63) is 23.9 Å². The van der Waals surface area contributed by atoms with Crippen molar-refractivity contribution in [2.45, 2.75) is 31.7 Å². The van der Waals surface area contributed by atoms with E-state index in [4.69, 9.17) is 0 Å². The zero-order valence-electron chi connectivity index (χ0n) is 14.5. The first-order valence-corrected chi connectivity index (χ1v) is 9.54. The normalized spacial score (nSPS) is 28.6. The van der Waals surface area contributed by atoms with E-state index in [0.717, 1.165) is 30.5 Å². The molecule has 2 N–H and O–H groups in total. The number of hydrogen-bond acceptors (Lipinski definition) is 4. The molecule has 132 valence electrons. The Morgan fingerprint density at radius 3 is 2.68 bits per heavy atom. The summed E-state index contributed by atoms with van der Waals surface area (Å²) in [5, 5.41) is 11.5. The molecule has 6 heteroatoms. The summed E-state index contributed by atoms with van der Waals surface area (Å²) in [6.45, 7) is 5.55. The summed E-state index contributed by atoms with van der Waals surface area (Å²) >= 11 is 0. The van der Waals surface area contributed by atoms with Crippen molar-refractivity contribution >= 4 is 22.5 Å². The van der Waals surface area contributed by atoms with Crippen LogP contribution in [0.4, 0.5) is 5.69 Å². The maximum Gasteiger partial charge on any atom is 0.272 e. The average molecular weight is 339 g/mol. The van der Waals surface area contributed by atoms with Gasteiger partial charge in [0.05, 0.1) is 5.52 Å². The van der Waals surface area contributed by atoms with Crippen LogP contribution in [0.1, 0.15) is 36.2 Å². The van der Waals surface area contributed by atoms with Crippen molar-refractivity contribution in [1.82, 2.24) is 20.4 Å². The number of amides is 1. The molecule has 0 radical (unpaired) electrons. The van der Waals surface area contributed by atoms with Crippen LogP contribution < -0.4 is 10.2 Å². The zero-order valence-corrected chi connectivity index (χ0v) is 14.5. The summed E-state index contributed by atoms with van der Waals surface area (Å²) in [7, 11) is 0. The maximum absolute atomic E-state index is 12.9. The Kier molecular flexibility index (Phi) is 3.66. The van der Waals surface area contributed by atoms with Crippen LogP contribution in [0, 0.1) is 5.92 Å². The predicted octanol–water partition coefficient (Wildman–Crippen LogP) is 1.99. The van der Waals surface area contributed by atoms with E-state index in [2.05, 4.69) is 37.4 Å². The third-order valence-corrected chi connectivity index (χ3v) is 6.21. The van der Waals surface area contributed by atoms with Crippen LogP contribution in [0.5, 0.6) is 0 Å². The summed E-state index contributed by atoms with van der Waals surface area (Å²) < 4.78 is 0. The number of hydrogen-bond donors (Lipinski definition) is 2. The lowest BCUT2D eigenvalue weighted by molar-refractivity contribution is 0.0618. The number of rotatable bonds is 3. The molecule has 1 amide bonds. The van der Waals surface area contributed by atoms with E-state index in [1.165, 1.54) is 44.5 Å². The topological polar surface area (TPSA) is 64.3 Å². The van der Waals surface area contributed by atoms with E-state index >= 15 is 0 Å². The van der Waals surface area contributed by atoms with Crippen LogP contribution in [0.25, 0.3) is 10.9 Å². The van der Waals surface area contributed by atoms with E-state index in [1.807, 2.05) is 6.07 Å². The summed E-state index contributed by atoms with van der Waals surface area (Å²) in [6.07, 6.45) is 4.89. The van der Waals surface area contributed by atoms with Gasteiger partial charge in [-0.05, 0) is 62.9 Å². The number of aromatic nitrogens is 2. The highest BCUT2D eigenvalue weighted by atomic mass is 16.2. The minimum atomic E-state index is -0.0384. The highest BCUT2D eigenvalue weighted by molar-refractivity contribution is 6.05. The van der Waals surface area contributed by atoms with Gasteiger partial charge >= 0.3 is 0 Å². The van der Waals surface area contributed by atoms with Crippen molar-refractivity contribution in [1.29, 1.82) is 0 Å². The number of H-pyrrole nitrogens is 1. The van der Waals surface area contributed by atoms with Crippen LogP contribution in [0.3, 0.4) is 0 Å². The van der Waals surface area contributed by atoms with Crippen LogP contribution in [0.2, 0.25) is 0 Å². The molecule has 4 saturated heterocycles. The predicted molar refractivity (Wildman–Crippen MR) is 98.0 cm³/mol. The van der Waals surface area contributed by atoms with E-state index in [9.17, 15) is 4.79 Å². The Labute approximate surface area is 147 Å². The van der Waals surface area contributed by atoms with Gasteiger partial charge in [-0.15, -0.1) is 0 Å². The van der Waals surface area contributed by atoms with Crippen molar-refractivity contribution in [3.63, 3.8) is 0 Å². The third-order valence-electron chi connectivity index (χ3n) is 6.21. The molecular weight excluding hydrogens is 314 g/mol. The molecule has 1 aromatic carbocycles. The molecule has 1 aromatic heterocycles. The number of piperidine rings is 3. The summed E-state index contributed by atoms with van der Waals surface area (Å²) in [5.74, 6) is 0.586. The van der Waals surface area contributed by atoms with Gasteiger partial charge in [0.15, 0.2) is 5.69 Å². The first kappa shape index (κ1) is 15.2. The third kappa shape index (κ3) is 2.68. The van der Waals surface area contributed by atoms with Crippen molar-refractivity contribution in [2.24, 2.45) is 5.92 Å². The highest BCUT2D eigenvalue weighted by Crippen LogP contribution is 2.29. The molecule has 2 aromatic rings. The Morgan fingerprint density at radius 1 is 1.16 bits per heavy atom. The van der Waals surface area contributed by atoms with Crippen LogP contribution >= 0.6 is 0 Å². The molecule has 4 aliphatic heterocycles. The minimum Gasteiger partial charge on any atom is -0.372 e. The molecule has 2 bridgehead atoms. The largest absolute Gasteiger partial charge is 0.372 e. The molecule has 4 aliphatic rings. The lowest BCUT2D eigenvalue weighted by Crippen LogP contribution is -2.57. The van der Waals surface area contributed by atoms with Gasteiger partial charge in [0, 0.05) is 36.7 Å². The monoisotopic (exact) mass is 339 g/mol. The SMILES string of the molecule is O=C(NC1CN2CCC1CC2)c1n[nH]c2ccc(N3CCCC3)cc12. The second kappa shape index (κ2) is 6.02. The molecule has 6 nitrogen and oxygen atoms in total. The van der Waals surface area contributed by atoms with Crippen molar-refractivity contribution < 1.29 is 4.79 Å². The lowest BCUT2D eigenvalue weighted by Gasteiger charge is -2.44. The molecule has 25 heavy (non-hydrogen) atoms. The number of anilines is 1. The molecule has 6 rings (SSSR count). The van der Waals surface area contributed by atoms with E-state index < -0.39 is 0 Å². The Bertz CT molecular complexity index is 786. The van der Waals surface area contributed by atoms with Gasteiger partial charge in [0.25, 0.3) is 5.91 Å². The van der Waals surface area contributed by atoms with Crippen molar-refractivity contribution in [3.8, 4) is 0 Å². The first-order chi connectivity index (χ1) is 12.3. The fourth-order valence-electron chi connectivity index (χ4n) is 4.71. The average Bonchev–Trinajstić information content (AvgIpc) is 3.32. The number of aromatic amines is 1. The minimum absolute atomic E-state index is 0.0384. The Morgan fingerprint density at radius 2 is 1.96 bits per heavy atom. The number of carbonyl (C=O) groups is 1. The lowest BCUT2D eigenvalue weighted by atomic mass is 9.84. The number of fused-ring (bicyclic) bond motifs is 4. The number of nitrogens with zero attached hydrogens (tertiary/aromatic N) is 3. The molecule has 0 aliphatic carbocycles. The quantitative estimate of drug-likeness (QED) is 0.898. The number of nitrogens with one attached hydrogen (secondary N) is 2. The Hall–Kier alpha value is -2.08. The highest BCUT2D eigenvalue weighted by Gasteiger charge is 2.35. The van der Waals surface area contributed by atoms with Gasteiger partial charge in [-0.25, -0.2) is 0 Å². The first-order valence-electron chi connectivity index (χ1n) is 9.54. The molecule has 4 fully saturated rings. The van der Waals surface area contributed by atoms with Crippen LogP contribution in [-0.2, 0) is 0 Å². The second-order valence-corrected chi connectivity index (χ2v) is 7.71. The summed E-state index contributed by atoms with van der Waals surface area (Å²) in [4.78, 5) is 17.7. The van der Waals surface area contributed by atoms with Gasteiger partial charge in [-0.1, -0.05) is 0 Å². The standard InChI is InChI=1S/C19H25N5O/c25-19(20-17-12-23-9-5-13(17)6-10-23)18-15-11-14(24-7-1-2-8-24)3-4-16(15)21-22-18/h3-4,11,13,17H,1-2,5-10,12H2,(H,20,25)(H,21,22). The number of benzene rings is 1.